The van der Waals surface area contributed by atoms with Crippen LogP contribution in [0.2, 0.25) is 5.02 Å². The van der Waals surface area contributed by atoms with Crippen molar-refractivity contribution >= 4 is 27.1 Å². The summed E-state index contributed by atoms with van der Waals surface area (Å²) in [6, 6.07) is 20.6. The number of furan rings is 1. The van der Waals surface area contributed by atoms with E-state index in [1.165, 1.54) is 18.4 Å². The van der Waals surface area contributed by atoms with Gasteiger partial charge in [-0.15, -0.1) is 5.10 Å². The van der Waals surface area contributed by atoms with Gasteiger partial charge in [-0.2, -0.15) is 0 Å². The fourth-order valence-corrected chi connectivity index (χ4v) is 4.84. The molecule has 0 aliphatic heterocycles. The summed E-state index contributed by atoms with van der Waals surface area (Å²) in [4.78, 5) is 0. The van der Waals surface area contributed by atoms with Crippen molar-refractivity contribution in [2.24, 2.45) is 0 Å². The first kappa shape index (κ1) is 28.3. The molecule has 0 bridgehead atoms. The molecule has 0 unspecified atom stereocenters. The number of ether oxygens (including phenoxy) is 1. The van der Waals surface area contributed by atoms with Crippen LogP contribution in [0, 0.1) is 5.82 Å². The van der Waals surface area contributed by atoms with E-state index in [0.717, 1.165) is 5.56 Å². The molecule has 212 valence electrons. The second-order valence-electron chi connectivity index (χ2n) is 9.46. The monoisotopic (exact) mass is 595 g/mol. The molecular formula is C29H27ClFN5O4S. The third kappa shape index (κ3) is 7.31. The molecular weight excluding hydrogens is 569 g/mol. The van der Waals surface area contributed by atoms with Crippen LogP contribution in [0.25, 0.3) is 28.3 Å². The molecule has 0 aliphatic rings. The lowest BCUT2D eigenvalue weighted by Crippen LogP contribution is -2.21. The summed E-state index contributed by atoms with van der Waals surface area (Å²) >= 11 is 6.44. The smallest absolute Gasteiger partial charge is 0.148 e. The molecule has 0 aliphatic carbocycles. The summed E-state index contributed by atoms with van der Waals surface area (Å²) in [5, 5.41) is 11.9. The Kier molecular flexibility index (Phi) is 8.39. The highest BCUT2D eigenvalue weighted by atomic mass is 35.5. The van der Waals surface area contributed by atoms with Crippen molar-refractivity contribution in [1.82, 2.24) is 20.3 Å². The molecule has 12 heteroatoms. The first-order valence-corrected chi connectivity index (χ1v) is 15.1. The zero-order valence-corrected chi connectivity index (χ0v) is 23.6. The van der Waals surface area contributed by atoms with E-state index in [4.69, 9.17) is 26.5 Å². The van der Waals surface area contributed by atoms with Crippen molar-refractivity contribution in [2.45, 2.75) is 13.2 Å². The highest BCUT2D eigenvalue weighted by Crippen LogP contribution is 2.32. The molecule has 0 radical (unpaired) electrons. The van der Waals surface area contributed by atoms with Crippen molar-refractivity contribution in [3.63, 3.8) is 0 Å². The van der Waals surface area contributed by atoms with Crippen LogP contribution in [-0.4, -0.2) is 42.0 Å². The molecule has 41 heavy (non-hydrogen) atoms. The second-order valence-corrected chi connectivity index (χ2v) is 12.1. The molecule has 9 nitrogen and oxygen atoms in total. The van der Waals surface area contributed by atoms with Gasteiger partial charge in [-0.3, -0.25) is 0 Å². The number of anilines is 1. The zero-order chi connectivity index (χ0) is 29.0. The predicted octanol–water partition coefficient (Wildman–Crippen LogP) is 5.28. The van der Waals surface area contributed by atoms with E-state index < -0.39 is 9.84 Å². The molecule has 0 fully saturated rings. The van der Waals surface area contributed by atoms with Crippen LogP contribution < -0.4 is 15.8 Å². The quantitative estimate of drug-likeness (QED) is 0.156. The Morgan fingerprint density at radius 3 is 2.71 bits per heavy atom. The summed E-state index contributed by atoms with van der Waals surface area (Å²) < 4.78 is 49.2. The summed E-state index contributed by atoms with van der Waals surface area (Å²) in [5.74, 6) is 1.52. The van der Waals surface area contributed by atoms with Gasteiger partial charge in [0.05, 0.1) is 29.2 Å². The van der Waals surface area contributed by atoms with Crippen LogP contribution in [0.5, 0.6) is 5.75 Å². The number of sulfone groups is 1. The van der Waals surface area contributed by atoms with Gasteiger partial charge >= 0.3 is 0 Å². The van der Waals surface area contributed by atoms with E-state index >= 15 is 0 Å². The van der Waals surface area contributed by atoms with Crippen molar-refractivity contribution in [3.8, 4) is 34.0 Å². The molecule has 5 aromatic rings. The van der Waals surface area contributed by atoms with Crippen LogP contribution in [0.3, 0.4) is 0 Å². The Balaban J connectivity index is 1.24. The number of benzene rings is 3. The standard InChI is InChI=1S/C29H27ClFN5O4S/c1-41(37,38)12-11-33-16-23-7-10-28(40-23)20-5-8-24(26(32)14-20)27-17-36(35-34-27)22-6-9-29(25(30)15-22)39-18-19-3-2-4-21(31)13-19/h2-10,13-15,17,33H,11-12,16,18,32H2,1H3. The highest BCUT2D eigenvalue weighted by Gasteiger charge is 2.13. The Morgan fingerprint density at radius 1 is 1.10 bits per heavy atom. The lowest BCUT2D eigenvalue weighted by molar-refractivity contribution is 0.305. The first-order chi connectivity index (χ1) is 19.6. The van der Waals surface area contributed by atoms with E-state index in [9.17, 15) is 12.8 Å². The molecule has 0 saturated heterocycles. The number of aromatic nitrogens is 3. The molecule has 2 aromatic heterocycles. The topological polar surface area (TPSA) is 125 Å². The van der Waals surface area contributed by atoms with E-state index in [0.29, 0.717) is 63.6 Å². The maximum absolute atomic E-state index is 13.4. The number of nitrogens with zero attached hydrogens (tertiary/aromatic N) is 3. The number of nitrogens with two attached hydrogens (primary N) is 1. The van der Waals surface area contributed by atoms with Gasteiger partial charge in [0, 0.05) is 29.6 Å². The lowest BCUT2D eigenvalue weighted by atomic mass is 10.1. The Hall–Kier alpha value is -4.19. The average molecular weight is 596 g/mol. The van der Waals surface area contributed by atoms with Crippen molar-refractivity contribution in [1.29, 1.82) is 0 Å². The van der Waals surface area contributed by atoms with Crippen LogP contribution in [-0.2, 0) is 23.0 Å². The van der Waals surface area contributed by atoms with Crippen molar-refractivity contribution in [2.75, 3.05) is 24.3 Å². The normalized spacial score (nSPS) is 11.6. The SMILES string of the molecule is CS(=O)(=O)CCNCc1ccc(-c2ccc(-c3cn(-c4ccc(OCc5cccc(F)c5)c(Cl)c4)nn3)c(N)c2)o1. The molecule has 3 N–H and O–H groups in total. The maximum Gasteiger partial charge on any atom is 0.148 e. The van der Waals surface area contributed by atoms with Crippen molar-refractivity contribution < 1.29 is 22.0 Å². The van der Waals surface area contributed by atoms with E-state index in [2.05, 4.69) is 15.6 Å². The zero-order valence-electron chi connectivity index (χ0n) is 22.1. The largest absolute Gasteiger partial charge is 0.487 e. The summed E-state index contributed by atoms with van der Waals surface area (Å²) in [7, 11) is -3.02. The molecule has 0 spiro atoms. The first-order valence-electron chi connectivity index (χ1n) is 12.6. The van der Waals surface area contributed by atoms with E-state index in [1.54, 1.807) is 47.3 Å². The van der Waals surface area contributed by atoms with E-state index in [-0.39, 0.29) is 18.2 Å². The van der Waals surface area contributed by atoms with Gasteiger partial charge in [-0.25, -0.2) is 17.5 Å². The van der Waals surface area contributed by atoms with Crippen LogP contribution in [0.1, 0.15) is 11.3 Å². The summed E-state index contributed by atoms with van der Waals surface area (Å²) in [6.07, 6.45) is 2.95. The maximum atomic E-state index is 13.4. The van der Waals surface area contributed by atoms with Crippen LogP contribution in [0.4, 0.5) is 10.1 Å². The fraction of sp³-hybridized carbons (Fsp3) is 0.172. The minimum atomic E-state index is -3.02. The molecule has 0 saturated carbocycles. The number of nitrogen functional groups attached to an aromatic ring is 1. The van der Waals surface area contributed by atoms with Gasteiger partial charge in [-0.05, 0) is 60.2 Å². The number of rotatable bonds is 11. The van der Waals surface area contributed by atoms with Crippen LogP contribution in [0.15, 0.2) is 83.4 Å². The van der Waals surface area contributed by atoms with Gasteiger partial charge in [0.15, 0.2) is 0 Å². The van der Waals surface area contributed by atoms with Gasteiger partial charge < -0.3 is 20.2 Å². The average Bonchev–Trinajstić information content (AvgIpc) is 3.60. The minimum absolute atomic E-state index is 0.0635. The number of hydrogen-bond acceptors (Lipinski definition) is 8. The third-order valence-corrected chi connectivity index (χ3v) is 7.42. The van der Waals surface area contributed by atoms with Crippen molar-refractivity contribution in [3.05, 3.63) is 101 Å². The van der Waals surface area contributed by atoms with Crippen LogP contribution >= 0.6 is 11.6 Å². The Bertz CT molecular complexity index is 1790. The number of hydrogen-bond donors (Lipinski definition) is 2. The number of halogens is 2. The minimum Gasteiger partial charge on any atom is -0.487 e. The highest BCUT2D eigenvalue weighted by molar-refractivity contribution is 7.90. The Labute approximate surface area is 241 Å². The molecule has 3 aromatic carbocycles. The lowest BCUT2D eigenvalue weighted by Gasteiger charge is -2.10. The fourth-order valence-electron chi connectivity index (χ4n) is 4.10. The second kappa shape index (κ2) is 12.1. The number of nitrogens with one attached hydrogen (secondary N) is 1. The molecule has 2 heterocycles. The summed E-state index contributed by atoms with van der Waals surface area (Å²) in [6.45, 7) is 0.940. The molecule has 0 amide bonds. The van der Waals surface area contributed by atoms with Gasteiger partial charge in [0.2, 0.25) is 0 Å². The van der Waals surface area contributed by atoms with E-state index in [1.807, 2.05) is 24.3 Å². The van der Waals surface area contributed by atoms with Gasteiger partial charge in [0.25, 0.3) is 0 Å². The Morgan fingerprint density at radius 2 is 1.95 bits per heavy atom. The van der Waals surface area contributed by atoms with Gasteiger partial charge in [0.1, 0.15) is 45.2 Å². The third-order valence-electron chi connectivity index (χ3n) is 6.18. The molecule has 0 atom stereocenters. The van der Waals surface area contributed by atoms with Gasteiger partial charge in [-0.1, -0.05) is 35.0 Å². The summed E-state index contributed by atoms with van der Waals surface area (Å²) in [5.41, 5.74) is 10.3. The predicted molar refractivity (Wildman–Crippen MR) is 156 cm³/mol. The molecule has 5 rings (SSSR count).